The number of fused-ring (bicyclic) bond motifs is 2. The summed E-state index contributed by atoms with van der Waals surface area (Å²) < 4.78 is 31.0. The van der Waals surface area contributed by atoms with Crippen LogP contribution in [0.4, 0.5) is 20.2 Å². The second kappa shape index (κ2) is 15.0. The lowest BCUT2D eigenvalue weighted by Gasteiger charge is -2.11. The van der Waals surface area contributed by atoms with Crippen LogP contribution in [0.5, 0.6) is 0 Å². The highest BCUT2D eigenvalue weighted by Crippen LogP contribution is 2.27. The Morgan fingerprint density at radius 1 is 0.540 bits per heavy atom. The number of nitrogens with zero attached hydrogens (tertiary/aromatic N) is 4. The molecule has 12 heteroatoms. The first-order valence-electron chi connectivity index (χ1n) is 15.7. The Bertz CT molecular complexity index is 2130. The number of anilines is 2. The van der Waals surface area contributed by atoms with Gasteiger partial charge in [0.2, 0.25) is 11.8 Å². The van der Waals surface area contributed by atoms with Crippen LogP contribution in [-0.2, 0) is 22.7 Å². The van der Waals surface area contributed by atoms with E-state index in [4.69, 9.17) is 9.97 Å². The van der Waals surface area contributed by atoms with E-state index in [0.29, 0.717) is 34.8 Å². The van der Waals surface area contributed by atoms with E-state index in [9.17, 15) is 18.4 Å². The van der Waals surface area contributed by atoms with Crippen molar-refractivity contribution in [2.24, 2.45) is 0 Å². The van der Waals surface area contributed by atoms with Gasteiger partial charge in [-0.3, -0.25) is 9.59 Å². The Kier molecular flexibility index (Phi) is 9.90. The molecule has 50 heavy (non-hydrogen) atoms. The fraction of sp³-hybridized carbons (Fsp3) is 0.105. The average molecular weight is 705 g/mol. The van der Waals surface area contributed by atoms with Gasteiger partial charge in [0.1, 0.15) is 11.6 Å². The van der Waals surface area contributed by atoms with Crippen molar-refractivity contribution in [2.45, 2.75) is 23.4 Å². The number of amides is 2. The monoisotopic (exact) mass is 704 g/mol. The van der Waals surface area contributed by atoms with E-state index in [2.05, 4.69) is 10.6 Å². The zero-order valence-electron chi connectivity index (χ0n) is 26.6. The number of carbonyl (C=O) groups is 2. The Balaban J connectivity index is 0.939. The predicted octanol–water partition coefficient (Wildman–Crippen LogP) is 8.22. The standard InChI is InChI=1S/C38H30F2N6O2S2/c39-27-13-9-25(10-14-27)21-45-33-7-3-1-5-31(33)43-37(45)49-23-35(47)41-29-17-19-30(20-18-29)42-36(48)24-50-38-44-32-6-2-4-8-34(32)46(38)22-26-11-15-28(40)16-12-26/h1-20H,21-24H2,(H,41,47)(H,42,48). The molecule has 250 valence electrons. The van der Waals surface area contributed by atoms with Crippen LogP contribution in [0.3, 0.4) is 0 Å². The molecule has 7 rings (SSSR count). The highest BCUT2D eigenvalue weighted by atomic mass is 32.2. The van der Waals surface area contributed by atoms with Crippen LogP contribution in [0, 0.1) is 11.6 Å². The highest BCUT2D eigenvalue weighted by molar-refractivity contribution is 8.00. The van der Waals surface area contributed by atoms with E-state index in [1.807, 2.05) is 57.7 Å². The molecule has 0 bridgehead atoms. The number of thioether (sulfide) groups is 2. The van der Waals surface area contributed by atoms with E-state index in [1.54, 1.807) is 48.5 Å². The van der Waals surface area contributed by atoms with Crippen LogP contribution in [0.1, 0.15) is 11.1 Å². The minimum atomic E-state index is -0.293. The zero-order chi connectivity index (χ0) is 34.5. The number of rotatable bonds is 12. The molecule has 0 aliphatic carbocycles. The van der Waals surface area contributed by atoms with Crippen LogP contribution >= 0.6 is 23.5 Å². The SMILES string of the molecule is O=C(CSc1nc2ccccc2n1Cc1ccc(F)cc1)Nc1ccc(NC(=O)CSc2nc3ccccc3n2Cc2ccc(F)cc2)cc1. The summed E-state index contributed by atoms with van der Waals surface area (Å²) in [4.78, 5) is 35.3. The molecule has 0 unspecified atom stereocenters. The highest BCUT2D eigenvalue weighted by Gasteiger charge is 2.16. The molecule has 2 N–H and O–H groups in total. The molecule has 5 aromatic carbocycles. The van der Waals surface area contributed by atoms with Gasteiger partial charge < -0.3 is 19.8 Å². The molecular weight excluding hydrogens is 675 g/mol. The molecule has 2 aromatic heterocycles. The number of hydrogen-bond acceptors (Lipinski definition) is 6. The largest absolute Gasteiger partial charge is 0.325 e. The number of nitrogens with one attached hydrogen (secondary N) is 2. The van der Waals surface area contributed by atoms with Crippen molar-refractivity contribution < 1.29 is 18.4 Å². The maximum absolute atomic E-state index is 13.5. The van der Waals surface area contributed by atoms with Crippen molar-refractivity contribution in [3.8, 4) is 0 Å². The second-order valence-corrected chi connectivity index (χ2v) is 13.3. The van der Waals surface area contributed by atoms with Crippen molar-refractivity contribution in [1.82, 2.24) is 19.1 Å². The first kappa shape index (κ1) is 33.1. The molecule has 0 spiro atoms. The lowest BCUT2D eigenvalue weighted by atomic mass is 10.2. The molecule has 0 aliphatic rings. The lowest BCUT2D eigenvalue weighted by molar-refractivity contribution is -0.114. The van der Waals surface area contributed by atoms with Crippen LogP contribution in [0.15, 0.2) is 132 Å². The lowest BCUT2D eigenvalue weighted by Crippen LogP contribution is -2.16. The molecular formula is C38H30F2N6O2S2. The molecule has 0 fully saturated rings. The quantitative estimate of drug-likeness (QED) is 0.125. The second-order valence-electron chi connectivity index (χ2n) is 11.4. The van der Waals surface area contributed by atoms with Crippen LogP contribution in [0.25, 0.3) is 22.1 Å². The fourth-order valence-corrected chi connectivity index (χ4v) is 7.10. The number of imidazole rings is 2. The molecule has 0 radical (unpaired) electrons. The minimum Gasteiger partial charge on any atom is -0.325 e. The van der Waals surface area contributed by atoms with Gasteiger partial charge in [0.15, 0.2) is 10.3 Å². The van der Waals surface area contributed by atoms with Crippen LogP contribution < -0.4 is 10.6 Å². The third kappa shape index (κ3) is 7.88. The number of para-hydroxylation sites is 4. The van der Waals surface area contributed by atoms with Gasteiger partial charge in [-0.2, -0.15) is 0 Å². The molecule has 0 saturated heterocycles. The molecule has 2 heterocycles. The van der Waals surface area contributed by atoms with Gasteiger partial charge in [-0.1, -0.05) is 72.1 Å². The van der Waals surface area contributed by atoms with Gasteiger partial charge in [-0.25, -0.2) is 18.7 Å². The maximum Gasteiger partial charge on any atom is 0.234 e. The molecule has 0 atom stereocenters. The van der Waals surface area contributed by atoms with Gasteiger partial charge in [-0.05, 0) is 83.9 Å². The summed E-state index contributed by atoms with van der Waals surface area (Å²) in [6.07, 6.45) is 0. The third-order valence-electron chi connectivity index (χ3n) is 7.86. The summed E-state index contributed by atoms with van der Waals surface area (Å²) >= 11 is 2.65. The van der Waals surface area contributed by atoms with E-state index in [0.717, 1.165) is 33.2 Å². The smallest absolute Gasteiger partial charge is 0.234 e. The number of aromatic nitrogens is 4. The van der Waals surface area contributed by atoms with Crippen molar-refractivity contribution >= 4 is 68.8 Å². The van der Waals surface area contributed by atoms with Gasteiger partial charge in [0.25, 0.3) is 0 Å². The van der Waals surface area contributed by atoms with Gasteiger partial charge in [-0.15, -0.1) is 0 Å². The summed E-state index contributed by atoms with van der Waals surface area (Å²) in [6, 6.07) is 35.1. The number of benzene rings is 5. The Morgan fingerprint density at radius 3 is 1.32 bits per heavy atom. The zero-order valence-corrected chi connectivity index (χ0v) is 28.2. The normalized spacial score (nSPS) is 11.2. The van der Waals surface area contributed by atoms with Crippen molar-refractivity contribution in [3.05, 3.63) is 144 Å². The summed E-state index contributed by atoms with van der Waals surface area (Å²) in [6.45, 7) is 0.985. The first-order chi connectivity index (χ1) is 24.4. The Morgan fingerprint density at radius 2 is 0.920 bits per heavy atom. The van der Waals surface area contributed by atoms with Crippen molar-refractivity contribution in [1.29, 1.82) is 0 Å². The Hall–Kier alpha value is -5.46. The average Bonchev–Trinajstić information content (AvgIpc) is 3.66. The molecule has 0 aliphatic heterocycles. The fourth-order valence-electron chi connectivity index (χ4n) is 5.47. The topological polar surface area (TPSA) is 93.8 Å². The summed E-state index contributed by atoms with van der Waals surface area (Å²) in [5, 5.41) is 7.18. The third-order valence-corrected chi connectivity index (χ3v) is 9.82. The Labute approximate surface area is 294 Å². The minimum absolute atomic E-state index is 0.133. The van der Waals surface area contributed by atoms with E-state index in [-0.39, 0.29) is 35.0 Å². The summed E-state index contributed by atoms with van der Waals surface area (Å²) in [5.41, 5.74) is 6.53. The summed E-state index contributed by atoms with van der Waals surface area (Å²) in [7, 11) is 0. The van der Waals surface area contributed by atoms with Gasteiger partial charge >= 0.3 is 0 Å². The number of carbonyl (C=O) groups excluding carboxylic acids is 2. The molecule has 8 nitrogen and oxygen atoms in total. The summed E-state index contributed by atoms with van der Waals surface area (Å²) in [5.74, 6) is -0.723. The predicted molar refractivity (Wildman–Crippen MR) is 196 cm³/mol. The molecule has 0 saturated carbocycles. The molecule has 7 aromatic rings. The van der Waals surface area contributed by atoms with Crippen LogP contribution in [0.2, 0.25) is 0 Å². The van der Waals surface area contributed by atoms with Crippen molar-refractivity contribution in [2.75, 3.05) is 22.1 Å². The number of halogens is 2. The van der Waals surface area contributed by atoms with Crippen molar-refractivity contribution in [3.63, 3.8) is 0 Å². The van der Waals surface area contributed by atoms with Gasteiger partial charge in [0, 0.05) is 11.4 Å². The van der Waals surface area contributed by atoms with Gasteiger partial charge in [0.05, 0.1) is 46.7 Å². The van der Waals surface area contributed by atoms with E-state index < -0.39 is 0 Å². The number of hydrogen-bond donors (Lipinski definition) is 2. The maximum atomic E-state index is 13.5. The van der Waals surface area contributed by atoms with Crippen LogP contribution in [-0.4, -0.2) is 42.4 Å². The first-order valence-corrected chi connectivity index (χ1v) is 17.7. The molecule has 2 amide bonds. The van der Waals surface area contributed by atoms with E-state index >= 15 is 0 Å². The van der Waals surface area contributed by atoms with E-state index in [1.165, 1.54) is 47.8 Å².